The minimum Gasteiger partial charge on any atom is -0.493 e. The maximum Gasteiger partial charge on any atom is 0.387 e. The molecule has 3 rings (SSSR count). The molecule has 162 valence electrons. The molecule has 0 saturated carbocycles. The number of carbonyl (C=O) groups is 1. The Bertz CT molecular complexity index is 841. The zero-order valence-electron chi connectivity index (χ0n) is 16.6. The molecule has 1 amide bonds. The van der Waals surface area contributed by atoms with Gasteiger partial charge in [0, 0.05) is 50.5 Å². The third kappa shape index (κ3) is 5.79. The first-order chi connectivity index (χ1) is 14.5. The highest BCUT2D eigenvalue weighted by molar-refractivity contribution is 5.94. The average molecular weight is 423 g/mol. The lowest BCUT2D eigenvalue weighted by Crippen LogP contribution is -2.48. The van der Waals surface area contributed by atoms with E-state index in [0.29, 0.717) is 18.7 Å². The number of piperazine rings is 1. The molecule has 1 N–H and O–H groups in total. The fourth-order valence-corrected chi connectivity index (χ4v) is 3.31. The summed E-state index contributed by atoms with van der Waals surface area (Å²) >= 11 is 0. The number of anilines is 1. The van der Waals surface area contributed by atoms with E-state index in [9.17, 15) is 18.0 Å². The van der Waals surface area contributed by atoms with E-state index in [1.54, 1.807) is 12.1 Å². The third-order valence-electron chi connectivity index (χ3n) is 4.92. The standard InChI is InChI=1S/C21H24F3N3O3/c1-29-19-14-15(2-7-18(19)30-21(23)24)20(28)25-8-9-26-10-12-27(13-11-26)17-5-3-16(22)4-6-17/h2-7,14,21H,8-13H2,1H3,(H,25,28). The van der Waals surface area contributed by atoms with Gasteiger partial charge in [0.25, 0.3) is 5.91 Å². The van der Waals surface area contributed by atoms with Crippen LogP contribution >= 0.6 is 0 Å². The predicted octanol–water partition coefficient (Wildman–Crippen LogP) is 2.99. The summed E-state index contributed by atoms with van der Waals surface area (Å²) in [4.78, 5) is 16.8. The summed E-state index contributed by atoms with van der Waals surface area (Å²) in [6.07, 6.45) is 0. The highest BCUT2D eigenvalue weighted by Crippen LogP contribution is 2.29. The number of halogens is 3. The number of nitrogens with zero attached hydrogens (tertiary/aromatic N) is 2. The molecule has 0 spiro atoms. The number of alkyl halides is 2. The Balaban J connectivity index is 1.44. The van der Waals surface area contributed by atoms with E-state index in [1.807, 2.05) is 0 Å². The lowest BCUT2D eigenvalue weighted by atomic mass is 10.2. The molecule has 6 nitrogen and oxygen atoms in total. The second-order valence-corrected chi connectivity index (χ2v) is 6.81. The fourth-order valence-electron chi connectivity index (χ4n) is 3.31. The molecule has 2 aromatic rings. The summed E-state index contributed by atoms with van der Waals surface area (Å²) in [5, 5.41) is 2.83. The Kier molecular flexibility index (Phi) is 7.40. The molecule has 1 saturated heterocycles. The molecule has 0 radical (unpaired) electrons. The molecular weight excluding hydrogens is 399 g/mol. The molecule has 1 fully saturated rings. The van der Waals surface area contributed by atoms with Crippen molar-refractivity contribution in [3.05, 3.63) is 53.8 Å². The second-order valence-electron chi connectivity index (χ2n) is 6.81. The summed E-state index contributed by atoms with van der Waals surface area (Å²) in [6.45, 7) is 1.48. The first-order valence-electron chi connectivity index (χ1n) is 9.60. The highest BCUT2D eigenvalue weighted by Gasteiger charge is 2.18. The van der Waals surface area contributed by atoms with Crippen LogP contribution in [0.1, 0.15) is 10.4 Å². The van der Waals surface area contributed by atoms with Crippen LogP contribution in [0.3, 0.4) is 0 Å². The maximum absolute atomic E-state index is 13.1. The molecule has 0 aliphatic carbocycles. The third-order valence-corrected chi connectivity index (χ3v) is 4.92. The summed E-state index contributed by atoms with van der Waals surface area (Å²) < 4.78 is 47.2. The predicted molar refractivity (Wildman–Crippen MR) is 107 cm³/mol. The van der Waals surface area contributed by atoms with Gasteiger partial charge in [-0.1, -0.05) is 0 Å². The number of methoxy groups -OCH3 is 1. The number of rotatable bonds is 8. The van der Waals surface area contributed by atoms with Gasteiger partial charge in [-0.25, -0.2) is 4.39 Å². The number of carbonyl (C=O) groups excluding carboxylic acids is 1. The number of hydrogen-bond donors (Lipinski definition) is 1. The van der Waals surface area contributed by atoms with E-state index in [1.165, 1.54) is 37.4 Å². The Morgan fingerprint density at radius 1 is 1.07 bits per heavy atom. The molecule has 1 aliphatic heterocycles. The van der Waals surface area contributed by atoms with Gasteiger partial charge in [-0.05, 0) is 42.5 Å². The SMILES string of the molecule is COc1cc(C(=O)NCCN2CCN(c3ccc(F)cc3)CC2)ccc1OC(F)F. The van der Waals surface area contributed by atoms with Gasteiger partial charge in [-0.15, -0.1) is 0 Å². The Morgan fingerprint density at radius 3 is 2.40 bits per heavy atom. The van der Waals surface area contributed by atoms with Crippen LogP contribution in [0.15, 0.2) is 42.5 Å². The average Bonchev–Trinajstić information content (AvgIpc) is 2.74. The second kappa shape index (κ2) is 10.2. The molecule has 0 bridgehead atoms. The summed E-state index contributed by atoms with van der Waals surface area (Å²) in [5.41, 5.74) is 1.30. The topological polar surface area (TPSA) is 54.0 Å². The zero-order chi connectivity index (χ0) is 21.5. The van der Waals surface area contributed by atoms with Gasteiger partial charge in [-0.3, -0.25) is 9.69 Å². The lowest BCUT2D eigenvalue weighted by Gasteiger charge is -2.36. The minimum atomic E-state index is -2.97. The van der Waals surface area contributed by atoms with Gasteiger partial charge in [0.05, 0.1) is 7.11 Å². The summed E-state index contributed by atoms with van der Waals surface area (Å²) in [5.74, 6) is -0.619. The van der Waals surface area contributed by atoms with Crippen LogP contribution in [0.25, 0.3) is 0 Å². The van der Waals surface area contributed by atoms with Crippen molar-refractivity contribution in [1.82, 2.24) is 10.2 Å². The van der Waals surface area contributed by atoms with E-state index in [0.717, 1.165) is 31.9 Å². The van der Waals surface area contributed by atoms with E-state index >= 15 is 0 Å². The number of nitrogens with one attached hydrogen (secondary N) is 1. The molecule has 1 heterocycles. The van der Waals surface area contributed by atoms with Crippen LogP contribution in [0, 0.1) is 5.82 Å². The summed E-state index contributed by atoms with van der Waals surface area (Å²) in [6, 6.07) is 10.5. The van der Waals surface area contributed by atoms with Crippen LogP contribution in [0.5, 0.6) is 11.5 Å². The van der Waals surface area contributed by atoms with Crippen molar-refractivity contribution < 1.29 is 27.4 Å². The lowest BCUT2D eigenvalue weighted by molar-refractivity contribution is -0.0512. The van der Waals surface area contributed by atoms with Crippen molar-refractivity contribution in [2.75, 3.05) is 51.3 Å². The van der Waals surface area contributed by atoms with Crippen LogP contribution in [-0.2, 0) is 0 Å². The molecule has 0 atom stereocenters. The van der Waals surface area contributed by atoms with Crippen LogP contribution in [0.4, 0.5) is 18.9 Å². The van der Waals surface area contributed by atoms with Crippen molar-refractivity contribution in [3.63, 3.8) is 0 Å². The van der Waals surface area contributed by atoms with E-state index < -0.39 is 6.61 Å². The van der Waals surface area contributed by atoms with E-state index in [2.05, 4.69) is 19.9 Å². The molecule has 1 aliphatic rings. The number of hydrogen-bond acceptors (Lipinski definition) is 5. The molecule has 30 heavy (non-hydrogen) atoms. The molecule has 2 aromatic carbocycles. The first kappa shape index (κ1) is 21.8. The summed E-state index contributed by atoms with van der Waals surface area (Å²) in [7, 11) is 1.32. The molecular formula is C21H24F3N3O3. The van der Waals surface area contributed by atoms with Gasteiger partial charge in [0.1, 0.15) is 5.82 Å². The Morgan fingerprint density at radius 2 is 1.77 bits per heavy atom. The van der Waals surface area contributed by atoms with E-state index in [4.69, 9.17) is 4.74 Å². The first-order valence-corrected chi connectivity index (χ1v) is 9.60. The minimum absolute atomic E-state index is 0.0693. The fraction of sp³-hybridized carbons (Fsp3) is 0.381. The van der Waals surface area contributed by atoms with E-state index in [-0.39, 0.29) is 23.2 Å². The van der Waals surface area contributed by atoms with Crippen molar-refractivity contribution in [2.24, 2.45) is 0 Å². The van der Waals surface area contributed by atoms with Gasteiger partial charge in [-0.2, -0.15) is 8.78 Å². The van der Waals surface area contributed by atoms with Gasteiger partial charge in [0.15, 0.2) is 11.5 Å². The zero-order valence-corrected chi connectivity index (χ0v) is 16.6. The quantitative estimate of drug-likeness (QED) is 0.708. The molecule has 0 aromatic heterocycles. The largest absolute Gasteiger partial charge is 0.493 e. The molecule has 0 unspecified atom stereocenters. The monoisotopic (exact) mass is 423 g/mol. The number of benzene rings is 2. The van der Waals surface area contributed by atoms with Crippen LogP contribution in [0.2, 0.25) is 0 Å². The number of amides is 1. The molecule has 9 heteroatoms. The smallest absolute Gasteiger partial charge is 0.387 e. The number of ether oxygens (including phenoxy) is 2. The van der Waals surface area contributed by atoms with Gasteiger partial charge >= 0.3 is 6.61 Å². The normalized spacial score (nSPS) is 14.6. The van der Waals surface area contributed by atoms with Crippen LogP contribution in [-0.4, -0.2) is 63.8 Å². The van der Waals surface area contributed by atoms with Crippen LogP contribution < -0.4 is 19.7 Å². The van der Waals surface area contributed by atoms with Gasteiger partial charge < -0.3 is 19.7 Å². The van der Waals surface area contributed by atoms with Crippen molar-refractivity contribution >= 4 is 11.6 Å². The Hall–Kier alpha value is -2.94. The van der Waals surface area contributed by atoms with Crippen molar-refractivity contribution in [2.45, 2.75) is 6.61 Å². The maximum atomic E-state index is 13.1. The highest BCUT2D eigenvalue weighted by atomic mass is 19.3. The van der Waals surface area contributed by atoms with Crippen molar-refractivity contribution in [3.8, 4) is 11.5 Å². The Labute approximate surface area is 173 Å². The van der Waals surface area contributed by atoms with Gasteiger partial charge in [0.2, 0.25) is 0 Å². The van der Waals surface area contributed by atoms with Crippen molar-refractivity contribution in [1.29, 1.82) is 0 Å².